The summed E-state index contributed by atoms with van der Waals surface area (Å²) in [6.07, 6.45) is 3.18. The van der Waals surface area contributed by atoms with E-state index in [0.29, 0.717) is 40.8 Å². The fourth-order valence-electron chi connectivity index (χ4n) is 3.17. The highest BCUT2D eigenvalue weighted by molar-refractivity contribution is 9.10. The lowest BCUT2D eigenvalue weighted by molar-refractivity contribution is -0.111. The lowest BCUT2D eigenvalue weighted by Crippen LogP contribution is -2.07. The van der Waals surface area contributed by atoms with Crippen molar-refractivity contribution in [2.45, 2.75) is 6.92 Å². The summed E-state index contributed by atoms with van der Waals surface area (Å²) in [5, 5.41) is 2.85. The molecular weight excluding hydrogens is 472 g/mol. The molecule has 1 heterocycles. The van der Waals surface area contributed by atoms with Gasteiger partial charge in [-0.05, 0) is 67.1 Å². The quantitative estimate of drug-likeness (QED) is 0.305. The molecule has 1 amide bonds. The van der Waals surface area contributed by atoms with Crippen LogP contribution in [0.25, 0.3) is 28.6 Å². The number of oxazole rings is 1. The number of carbonyl (C=O) groups excluding carboxylic acids is 1. The molecule has 0 radical (unpaired) electrons. The van der Waals surface area contributed by atoms with Crippen molar-refractivity contribution in [1.82, 2.24) is 4.98 Å². The van der Waals surface area contributed by atoms with Gasteiger partial charge in [-0.15, -0.1) is 0 Å². The Hall–Kier alpha value is -3.58. The van der Waals surface area contributed by atoms with Gasteiger partial charge in [-0.25, -0.2) is 4.98 Å². The Morgan fingerprint density at radius 3 is 2.78 bits per heavy atom. The summed E-state index contributed by atoms with van der Waals surface area (Å²) in [5.41, 5.74) is 3.64. The van der Waals surface area contributed by atoms with E-state index in [1.54, 1.807) is 31.4 Å². The van der Waals surface area contributed by atoms with Crippen LogP contribution in [-0.4, -0.2) is 24.6 Å². The van der Waals surface area contributed by atoms with E-state index in [4.69, 9.17) is 13.9 Å². The molecule has 4 aromatic rings. The first-order chi connectivity index (χ1) is 15.6. The Labute approximate surface area is 194 Å². The van der Waals surface area contributed by atoms with Gasteiger partial charge in [0.1, 0.15) is 5.52 Å². The van der Waals surface area contributed by atoms with Crippen LogP contribution in [-0.2, 0) is 4.79 Å². The van der Waals surface area contributed by atoms with Crippen LogP contribution in [0.2, 0.25) is 0 Å². The van der Waals surface area contributed by atoms with Gasteiger partial charge in [-0.2, -0.15) is 0 Å². The molecule has 0 fully saturated rings. The highest BCUT2D eigenvalue weighted by Crippen LogP contribution is 2.29. The molecule has 0 saturated heterocycles. The first kappa shape index (κ1) is 21.6. The number of anilines is 1. The molecule has 0 spiro atoms. The number of hydrogen-bond acceptors (Lipinski definition) is 5. The van der Waals surface area contributed by atoms with Crippen molar-refractivity contribution in [2.24, 2.45) is 0 Å². The van der Waals surface area contributed by atoms with Crippen molar-refractivity contribution in [3.63, 3.8) is 0 Å². The molecule has 4 rings (SSSR count). The number of ether oxygens (including phenoxy) is 2. The first-order valence-corrected chi connectivity index (χ1v) is 10.8. The molecule has 1 N–H and O–H groups in total. The van der Waals surface area contributed by atoms with E-state index in [-0.39, 0.29) is 5.91 Å². The number of benzene rings is 3. The summed E-state index contributed by atoms with van der Waals surface area (Å²) < 4.78 is 17.6. The number of nitrogens with zero attached hydrogens (tertiary/aromatic N) is 1. The zero-order valence-electron chi connectivity index (χ0n) is 17.6. The van der Waals surface area contributed by atoms with Crippen molar-refractivity contribution in [2.75, 3.05) is 19.0 Å². The van der Waals surface area contributed by atoms with Crippen LogP contribution in [0.3, 0.4) is 0 Å². The van der Waals surface area contributed by atoms with Crippen LogP contribution < -0.4 is 14.8 Å². The van der Waals surface area contributed by atoms with Gasteiger partial charge in [0.25, 0.3) is 0 Å². The minimum atomic E-state index is -0.257. The van der Waals surface area contributed by atoms with Crippen molar-refractivity contribution >= 4 is 44.7 Å². The zero-order chi connectivity index (χ0) is 22.5. The summed E-state index contributed by atoms with van der Waals surface area (Å²) in [5.74, 6) is 1.55. The van der Waals surface area contributed by atoms with Gasteiger partial charge in [-0.3, -0.25) is 4.79 Å². The number of amides is 1. The molecule has 0 atom stereocenters. The van der Waals surface area contributed by atoms with Crippen molar-refractivity contribution in [3.8, 4) is 23.0 Å². The van der Waals surface area contributed by atoms with Crippen molar-refractivity contribution in [1.29, 1.82) is 0 Å². The number of rotatable bonds is 7. The summed E-state index contributed by atoms with van der Waals surface area (Å²) in [7, 11) is 1.58. The molecule has 0 aliphatic carbocycles. The summed E-state index contributed by atoms with van der Waals surface area (Å²) in [4.78, 5) is 17.0. The fraction of sp³-hybridized carbons (Fsp3) is 0.120. The van der Waals surface area contributed by atoms with Gasteiger partial charge >= 0.3 is 0 Å². The lowest BCUT2D eigenvalue weighted by atomic mass is 10.2. The van der Waals surface area contributed by atoms with Gasteiger partial charge in [-0.1, -0.05) is 28.1 Å². The van der Waals surface area contributed by atoms with E-state index < -0.39 is 0 Å². The summed E-state index contributed by atoms with van der Waals surface area (Å²) in [6, 6.07) is 18.6. The molecule has 0 unspecified atom stereocenters. The third-order valence-corrected chi connectivity index (χ3v) is 5.13. The van der Waals surface area contributed by atoms with Gasteiger partial charge in [0.2, 0.25) is 11.8 Å². The first-order valence-electron chi connectivity index (χ1n) is 10.0. The highest BCUT2D eigenvalue weighted by atomic mass is 79.9. The molecule has 0 bridgehead atoms. The minimum Gasteiger partial charge on any atom is -0.493 e. The maximum absolute atomic E-state index is 12.4. The van der Waals surface area contributed by atoms with E-state index >= 15 is 0 Å². The predicted molar refractivity (Wildman–Crippen MR) is 129 cm³/mol. The lowest BCUT2D eigenvalue weighted by Gasteiger charge is -2.09. The minimum absolute atomic E-state index is 0.257. The van der Waals surface area contributed by atoms with Crippen LogP contribution in [0, 0.1) is 0 Å². The maximum Gasteiger partial charge on any atom is 0.248 e. The molecule has 0 saturated carbocycles. The second-order valence-corrected chi connectivity index (χ2v) is 7.79. The molecule has 0 aliphatic heterocycles. The van der Waals surface area contributed by atoms with Crippen molar-refractivity contribution in [3.05, 3.63) is 76.8 Å². The van der Waals surface area contributed by atoms with Gasteiger partial charge < -0.3 is 19.2 Å². The largest absolute Gasteiger partial charge is 0.493 e. The standard InChI is InChI=1S/C25H21BrN2O4/c1-3-31-22-10-7-16(13-23(22)30-2)8-12-24(29)27-19-9-11-21-20(15-19)28-25(32-21)17-5-4-6-18(26)14-17/h4-15H,3H2,1-2H3,(H,27,29)/b12-8+. The molecule has 32 heavy (non-hydrogen) atoms. The Kier molecular flexibility index (Phi) is 6.56. The number of methoxy groups -OCH3 is 1. The smallest absolute Gasteiger partial charge is 0.248 e. The van der Waals surface area contributed by atoms with E-state index in [2.05, 4.69) is 26.2 Å². The Morgan fingerprint density at radius 1 is 1.12 bits per heavy atom. The van der Waals surface area contributed by atoms with E-state index in [1.165, 1.54) is 6.08 Å². The van der Waals surface area contributed by atoms with Crippen LogP contribution in [0.15, 0.2) is 75.6 Å². The third-order valence-electron chi connectivity index (χ3n) is 4.64. The number of nitrogens with one attached hydrogen (secondary N) is 1. The second-order valence-electron chi connectivity index (χ2n) is 6.88. The van der Waals surface area contributed by atoms with Gasteiger partial charge in [0, 0.05) is 21.8 Å². The number of hydrogen-bond donors (Lipinski definition) is 1. The van der Waals surface area contributed by atoms with Crippen LogP contribution in [0.5, 0.6) is 11.5 Å². The molecule has 162 valence electrons. The van der Waals surface area contributed by atoms with Gasteiger partial charge in [0.05, 0.1) is 13.7 Å². The Balaban J connectivity index is 1.47. The molecular formula is C25H21BrN2O4. The average molecular weight is 493 g/mol. The Bertz CT molecular complexity index is 1300. The highest BCUT2D eigenvalue weighted by Gasteiger charge is 2.10. The number of carbonyl (C=O) groups is 1. The van der Waals surface area contributed by atoms with Crippen LogP contribution in [0.1, 0.15) is 12.5 Å². The third kappa shape index (κ3) is 5.00. The van der Waals surface area contributed by atoms with Gasteiger partial charge in [0.15, 0.2) is 17.1 Å². The number of fused-ring (bicyclic) bond motifs is 1. The van der Waals surface area contributed by atoms with Crippen LogP contribution in [0.4, 0.5) is 5.69 Å². The predicted octanol–water partition coefficient (Wildman–Crippen LogP) is 6.32. The second kappa shape index (κ2) is 9.70. The summed E-state index contributed by atoms with van der Waals surface area (Å²) in [6.45, 7) is 2.46. The normalized spacial score (nSPS) is 11.1. The molecule has 3 aromatic carbocycles. The van der Waals surface area contributed by atoms with E-state index in [1.807, 2.05) is 49.4 Å². The molecule has 1 aromatic heterocycles. The topological polar surface area (TPSA) is 73.6 Å². The molecule has 0 aliphatic rings. The van der Waals surface area contributed by atoms with Crippen LogP contribution >= 0.6 is 15.9 Å². The monoisotopic (exact) mass is 492 g/mol. The Morgan fingerprint density at radius 2 is 2.00 bits per heavy atom. The van der Waals surface area contributed by atoms with Crippen molar-refractivity contribution < 1.29 is 18.7 Å². The zero-order valence-corrected chi connectivity index (χ0v) is 19.2. The number of aromatic nitrogens is 1. The molecule has 7 heteroatoms. The number of halogens is 1. The fourth-order valence-corrected chi connectivity index (χ4v) is 3.57. The SMILES string of the molecule is CCOc1ccc(/C=C/C(=O)Nc2ccc3oc(-c4cccc(Br)c4)nc3c2)cc1OC. The van der Waals surface area contributed by atoms with E-state index in [0.717, 1.165) is 15.6 Å². The summed E-state index contributed by atoms with van der Waals surface area (Å²) >= 11 is 3.46. The van der Waals surface area contributed by atoms with E-state index in [9.17, 15) is 4.79 Å². The average Bonchev–Trinajstić information content (AvgIpc) is 3.22. The molecule has 6 nitrogen and oxygen atoms in total. The maximum atomic E-state index is 12.4.